The van der Waals surface area contributed by atoms with Gasteiger partial charge in [0.05, 0.1) is 28.5 Å². The molecule has 9 heteroatoms. The van der Waals surface area contributed by atoms with Crippen molar-refractivity contribution >= 4 is 48.9 Å². The summed E-state index contributed by atoms with van der Waals surface area (Å²) < 4.78 is 35.2. The number of nitrogens with one attached hydrogen (secondary N) is 2. The summed E-state index contributed by atoms with van der Waals surface area (Å²) in [5.74, 6) is -0.177. The lowest BCUT2D eigenvalue weighted by Gasteiger charge is -2.16. The molecule has 7 nitrogen and oxygen atoms in total. The molecule has 0 aliphatic carbocycles. The summed E-state index contributed by atoms with van der Waals surface area (Å²) in [6.07, 6.45) is 0. The molecule has 4 aromatic rings. The molecule has 0 aliphatic rings. The van der Waals surface area contributed by atoms with Gasteiger partial charge in [0.15, 0.2) is 0 Å². The number of benzene rings is 3. The van der Waals surface area contributed by atoms with Gasteiger partial charge >= 0.3 is 0 Å². The first kappa shape index (κ1) is 21.8. The average molecular weight is 468 g/mol. The Bertz CT molecular complexity index is 1410. The molecule has 0 bridgehead atoms. The number of amides is 1. The number of carbonyl (C=O) groups excluding carboxylic acids is 1. The van der Waals surface area contributed by atoms with E-state index in [0.29, 0.717) is 16.9 Å². The number of carbonyl (C=O) groups is 1. The molecular weight excluding hydrogens is 446 g/mol. The molecule has 0 unspecified atom stereocenters. The highest BCUT2D eigenvalue weighted by molar-refractivity contribution is 7.92. The van der Waals surface area contributed by atoms with E-state index in [-0.39, 0.29) is 16.6 Å². The van der Waals surface area contributed by atoms with E-state index < -0.39 is 10.0 Å². The molecule has 164 valence electrons. The number of para-hydroxylation sites is 1. The molecule has 0 saturated heterocycles. The Morgan fingerprint density at radius 3 is 2.50 bits per heavy atom. The Balaban J connectivity index is 1.65. The number of sulfonamides is 1. The van der Waals surface area contributed by atoms with Crippen molar-refractivity contribution in [2.45, 2.75) is 18.7 Å². The zero-order chi connectivity index (χ0) is 22.9. The molecule has 32 heavy (non-hydrogen) atoms. The Morgan fingerprint density at radius 2 is 1.78 bits per heavy atom. The number of aryl methyl sites for hydroxylation is 2. The molecular formula is C23H21N3O4S2. The lowest BCUT2D eigenvalue weighted by atomic mass is 10.1. The van der Waals surface area contributed by atoms with E-state index in [1.165, 1.54) is 30.6 Å². The first-order valence-electron chi connectivity index (χ1n) is 9.70. The summed E-state index contributed by atoms with van der Waals surface area (Å²) in [4.78, 5) is 16.9. The van der Waals surface area contributed by atoms with E-state index in [4.69, 9.17) is 4.74 Å². The number of thiazole rings is 1. The summed E-state index contributed by atoms with van der Waals surface area (Å²) in [6, 6.07) is 15.2. The third kappa shape index (κ3) is 4.30. The minimum atomic E-state index is -3.98. The van der Waals surface area contributed by atoms with Crippen molar-refractivity contribution < 1.29 is 17.9 Å². The van der Waals surface area contributed by atoms with E-state index in [2.05, 4.69) is 15.0 Å². The lowest BCUT2D eigenvalue weighted by Crippen LogP contribution is -2.17. The maximum atomic E-state index is 13.2. The first-order valence-corrected chi connectivity index (χ1v) is 12.1. The maximum Gasteiger partial charge on any atom is 0.265 e. The van der Waals surface area contributed by atoms with Crippen LogP contribution in [0.2, 0.25) is 0 Å². The first-order chi connectivity index (χ1) is 15.3. The summed E-state index contributed by atoms with van der Waals surface area (Å²) >= 11 is 1.44. The van der Waals surface area contributed by atoms with Gasteiger partial charge in [-0.15, -0.1) is 11.3 Å². The minimum Gasteiger partial charge on any atom is -0.495 e. The van der Waals surface area contributed by atoms with Crippen molar-refractivity contribution in [3.05, 3.63) is 76.8 Å². The van der Waals surface area contributed by atoms with Crippen molar-refractivity contribution in [2.24, 2.45) is 0 Å². The predicted octanol–water partition coefficient (Wildman–Crippen LogP) is 4.97. The Hall–Kier alpha value is -3.43. The van der Waals surface area contributed by atoms with Gasteiger partial charge in [0.25, 0.3) is 15.9 Å². The van der Waals surface area contributed by atoms with Crippen molar-refractivity contribution in [1.29, 1.82) is 0 Å². The lowest BCUT2D eigenvalue weighted by molar-refractivity contribution is 0.102. The molecule has 0 aliphatic heterocycles. The Kier molecular flexibility index (Phi) is 5.86. The van der Waals surface area contributed by atoms with Gasteiger partial charge < -0.3 is 10.1 Å². The number of aromatic nitrogens is 1. The zero-order valence-corrected chi connectivity index (χ0v) is 19.3. The zero-order valence-electron chi connectivity index (χ0n) is 17.7. The van der Waals surface area contributed by atoms with Crippen LogP contribution < -0.4 is 14.8 Å². The predicted molar refractivity (Wildman–Crippen MR) is 127 cm³/mol. The fraction of sp³-hybridized carbons (Fsp3) is 0.130. The van der Waals surface area contributed by atoms with Crippen LogP contribution >= 0.6 is 11.3 Å². The quantitative estimate of drug-likeness (QED) is 0.417. The molecule has 1 amide bonds. The largest absolute Gasteiger partial charge is 0.495 e. The standard InChI is InChI=1S/C23H21N3O4S2/c1-14-5-4-6-15(2)22(14)26-32(28,29)21-12-17(8-10-19(21)30-3)25-23(27)16-7-9-18-20(11-16)31-13-24-18/h4-13,26H,1-3H3,(H,25,27). The van der Waals surface area contributed by atoms with Gasteiger partial charge in [0, 0.05) is 11.3 Å². The van der Waals surface area contributed by atoms with Gasteiger partial charge in [0.2, 0.25) is 0 Å². The van der Waals surface area contributed by atoms with Gasteiger partial charge in [-0.25, -0.2) is 13.4 Å². The number of methoxy groups -OCH3 is 1. The van der Waals surface area contributed by atoms with Gasteiger partial charge in [-0.2, -0.15) is 0 Å². The molecule has 2 N–H and O–H groups in total. The van der Waals surface area contributed by atoms with Crippen molar-refractivity contribution in [3.8, 4) is 5.75 Å². The molecule has 0 saturated carbocycles. The highest BCUT2D eigenvalue weighted by Crippen LogP contribution is 2.31. The second kappa shape index (κ2) is 8.60. The molecule has 0 fully saturated rings. The summed E-state index contributed by atoms with van der Waals surface area (Å²) in [6.45, 7) is 3.66. The van der Waals surface area contributed by atoms with E-state index in [0.717, 1.165) is 21.3 Å². The molecule has 3 aromatic carbocycles. The average Bonchev–Trinajstić information content (AvgIpc) is 3.24. The minimum absolute atomic E-state index is 0.0710. The van der Waals surface area contributed by atoms with Crippen LogP contribution in [0.15, 0.2) is 65.0 Å². The normalized spacial score (nSPS) is 11.3. The summed E-state index contributed by atoms with van der Waals surface area (Å²) in [5, 5.41) is 2.76. The SMILES string of the molecule is COc1ccc(NC(=O)c2ccc3ncsc3c2)cc1S(=O)(=O)Nc1c(C)cccc1C. The molecule has 1 heterocycles. The second-order valence-corrected chi connectivity index (χ2v) is 9.76. The molecule has 4 rings (SSSR count). The molecule has 0 radical (unpaired) electrons. The fourth-order valence-corrected chi connectivity index (χ4v) is 5.44. The smallest absolute Gasteiger partial charge is 0.265 e. The number of anilines is 2. The van der Waals surface area contributed by atoms with Crippen LogP contribution in [-0.4, -0.2) is 26.4 Å². The van der Waals surface area contributed by atoms with Crippen LogP contribution in [0.25, 0.3) is 10.2 Å². The summed E-state index contributed by atoms with van der Waals surface area (Å²) in [7, 11) is -2.58. The number of ether oxygens (including phenoxy) is 1. The monoisotopic (exact) mass is 467 g/mol. The van der Waals surface area contributed by atoms with E-state index in [1.54, 1.807) is 29.8 Å². The van der Waals surface area contributed by atoms with Crippen molar-refractivity contribution in [3.63, 3.8) is 0 Å². The van der Waals surface area contributed by atoms with Crippen LogP contribution in [0.3, 0.4) is 0 Å². The number of rotatable bonds is 6. The van der Waals surface area contributed by atoms with Gasteiger partial charge in [-0.05, 0) is 61.4 Å². The van der Waals surface area contributed by atoms with E-state index in [9.17, 15) is 13.2 Å². The van der Waals surface area contributed by atoms with Crippen LogP contribution in [0.4, 0.5) is 11.4 Å². The Labute approximate surface area is 190 Å². The molecule has 0 atom stereocenters. The van der Waals surface area contributed by atoms with Gasteiger partial charge in [-0.1, -0.05) is 18.2 Å². The highest BCUT2D eigenvalue weighted by atomic mass is 32.2. The van der Waals surface area contributed by atoms with Gasteiger partial charge in [0.1, 0.15) is 10.6 Å². The van der Waals surface area contributed by atoms with Crippen molar-refractivity contribution in [1.82, 2.24) is 4.98 Å². The molecule has 1 aromatic heterocycles. The van der Waals surface area contributed by atoms with Crippen LogP contribution in [-0.2, 0) is 10.0 Å². The number of fused-ring (bicyclic) bond motifs is 1. The maximum absolute atomic E-state index is 13.2. The van der Waals surface area contributed by atoms with Gasteiger partial charge in [-0.3, -0.25) is 9.52 Å². The fourth-order valence-electron chi connectivity index (χ4n) is 3.33. The number of hydrogen-bond donors (Lipinski definition) is 2. The third-order valence-electron chi connectivity index (χ3n) is 5.02. The third-order valence-corrected chi connectivity index (χ3v) is 7.18. The second-order valence-electron chi connectivity index (χ2n) is 7.23. The van der Waals surface area contributed by atoms with Crippen LogP contribution in [0.1, 0.15) is 21.5 Å². The van der Waals surface area contributed by atoms with E-state index >= 15 is 0 Å². The number of hydrogen-bond acceptors (Lipinski definition) is 6. The van der Waals surface area contributed by atoms with E-state index in [1.807, 2.05) is 32.0 Å². The van der Waals surface area contributed by atoms with Crippen molar-refractivity contribution in [2.75, 3.05) is 17.1 Å². The molecule has 0 spiro atoms. The Morgan fingerprint density at radius 1 is 1.03 bits per heavy atom. The number of nitrogens with zero attached hydrogens (tertiary/aromatic N) is 1. The van der Waals surface area contributed by atoms with Crippen LogP contribution in [0.5, 0.6) is 5.75 Å². The summed E-state index contributed by atoms with van der Waals surface area (Å²) in [5.41, 5.74) is 5.45. The topological polar surface area (TPSA) is 97.4 Å². The highest BCUT2D eigenvalue weighted by Gasteiger charge is 2.22. The van der Waals surface area contributed by atoms with Crippen LogP contribution in [0, 0.1) is 13.8 Å².